The normalized spacial score (nSPS) is 10.6. The highest BCUT2D eigenvalue weighted by Crippen LogP contribution is 2.33. The molecule has 0 aliphatic rings. The van der Waals surface area contributed by atoms with Gasteiger partial charge in [-0.25, -0.2) is 0 Å². The molecule has 5 heteroatoms. The van der Waals surface area contributed by atoms with Gasteiger partial charge in [-0.05, 0) is 19.0 Å². The largest absolute Gasteiger partial charge is 0.454 e. The Labute approximate surface area is 128 Å². The molecule has 106 valence electrons. The maximum absolute atomic E-state index is 6.23. The van der Waals surface area contributed by atoms with Gasteiger partial charge >= 0.3 is 0 Å². The summed E-state index contributed by atoms with van der Waals surface area (Å²) in [7, 11) is 0. The number of hydrogen-bond donors (Lipinski definition) is 1. The molecule has 0 unspecified atom stereocenters. The van der Waals surface area contributed by atoms with E-state index in [9.17, 15) is 0 Å². The molecule has 0 radical (unpaired) electrons. The van der Waals surface area contributed by atoms with Crippen molar-refractivity contribution >= 4 is 23.2 Å². The van der Waals surface area contributed by atoms with Gasteiger partial charge in [0.05, 0.1) is 16.2 Å². The number of halogens is 2. The number of nitrogens with one attached hydrogen (secondary N) is 1. The summed E-state index contributed by atoms with van der Waals surface area (Å²) in [6.07, 6.45) is 4.25. The summed E-state index contributed by atoms with van der Waals surface area (Å²) in [5, 5.41) is 4.43. The van der Waals surface area contributed by atoms with E-state index >= 15 is 0 Å². The molecule has 0 amide bonds. The predicted molar refractivity (Wildman–Crippen MR) is 82.8 cm³/mol. The first-order valence-corrected chi connectivity index (χ1v) is 7.23. The van der Waals surface area contributed by atoms with Gasteiger partial charge in [-0.15, -0.1) is 0 Å². The molecule has 0 aliphatic heterocycles. The molecular weight excluding hydrogens is 295 g/mol. The van der Waals surface area contributed by atoms with Crippen LogP contribution in [0.5, 0.6) is 11.5 Å². The quantitative estimate of drug-likeness (QED) is 0.787. The molecule has 1 N–H and O–H groups in total. The van der Waals surface area contributed by atoms with Crippen molar-refractivity contribution in [1.29, 1.82) is 0 Å². The van der Waals surface area contributed by atoms with Gasteiger partial charge in [-0.2, -0.15) is 0 Å². The van der Waals surface area contributed by atoms with Crippen molar-refractivity contribution in [2.75, 3.05) is 6.54 Å². The molecule has 2 aromatic rings. The van der Waals surface area contributed by atoms with E-state index in [1.807, 2.05) is 12.1 Å². The van der Waals surface area contributed by atoms with Gasteiger partial charge in [-0.1, -0.05) is 42.3 Å². The second-order valence-corrected chi connectivity index (χ2v) is 5.19. The topological polar surface area (TPSA) is 34.1 Å². The van der Waals surface area contributed by atoms with Gasteiger partial charge in [0.2, 0.25) is 0 Å². The van der Waals surface area contributed by atoms with Gasteiger partial charge < -0.3 is 10.1 Å². The lowest BCUT2D eigenvalue weighted by Gasteiger charge is -2.13. The van der Waals surface area contributed by atoms with Crippen LogP contribution < -0.4 is 10.1 Å². The highest BCUT2D eigenvalue weighted by atomic mass is 35.5. The van der Waals surface area contributed by atoms with Gasteiger partial charge in [0.15, 0.2) is 5.75 Å². The Morgan fingerprint density at radius 3 is 2.85 bits per heavy atom. The zero-order valence-electron chi connectivity index (χ0n) is 11.2. The molecule has 0 saturated heterocycles. The lowest BCUT2D eigenvalue weighted by molar-refractivity contribution is 0.471. The van der Waals surface area contributed by atoms with Crippen LogP contribution in [0, 0.1) is 0 Å². The van der Waals surface area contributed by atoms with Crippen LogP contribution in [0.15, 0.2) is 36.7 Å². The first kappa shape index (κ1) is 15.1. The summed E-state index contributed by atoms with van der Waals surface area (Å²) in [6.45, 7) is 3.78. The summed E-state index contributed by atoms with van der Waals surface area (Å²) in [5.74, 6) is 1.21. The van der Waals surface area contributed by atoms with E-state index < -0.39 is 0 Å². The smallest absolute Gasteiger partial charge is 0.150 e. The van der Waals surface area contributed by atoms with Gasteiger partial charge in [0, 0.05) is 24.4 Å². The second kappa shape index (κ2) is 7.48. The molecule has 20 heavy (non-hydrogen) atoms. The van der Waals surface area contributed by atoms with Crippen LogP contribution in [0.1, 0.15) is 18.9 Å². The number of ether oxygens (including phenoxy) is 1. The fourth-order valence-electron chi connectivity index (χ4n) is 1.77. The summed E-state index contributed by atoms with van der Waals surface area (Å²) < 4.78 is 5.83. The van der Waals surface area contributed by atoms with Crippen molar-refractivity contribution < 1.29 is 4.74 Å². The molecule has 0 bridgehead atoms. The van der Waals surface area contributed by atoms with E-state index in [1.54, 1.807) is 24.5 Å². The van der Waals surface area contributed by atoms with E-state index in [0.717, 1.165) is 18.5 Å². The molecule has 1 aromatic heterocycles. The summed E-state index contributed by atoms with van der Waals surface area (Å²) in [5.41, 5.74) is 1.01. The van der Waals surface area contributed by atoms with Crippen LogP contribution in [-0.2, 0) is 6.54 Å². The number of rotatable bonds is 6. The highest BCUT2D eigenvalue weighted by Gasteiger charge is 2.10. The maximum atomic E-state index is 6.23. The van der Waals surface area contributed by atoms with E-state index in [1.165, 1.54) is 0 Å². The Balaban J connectivity index is 2.21. The van der Waals surface area contributed by atoms with Gasteiger partial charge in [-0.3, -0.25) is 4.98 Å². The molecule has 0 aliphatic carbocycles. The standard InChI is InChI=1S/C15H16Cl2N2O/c1-2-6-18-8-11-4-3-5-14(17)15(11)20-13-7-12(16)9-19-10-13/h3-5,7,9-10,18H,2,6,8H2,1H3. The summed E-state index contributed by atoms with van der Waals surface area (Å²) in [6, 6.07) is 7.41. The second-order valence-electron chi connectivity index (χ2n) is 4.35. The number of para-hydroxylation sites is 1. The Morgan fingerprint density at radius 2 is 2.10 bits per heavy atom. The highest BCUT2D eigenvalue weighted by molar-refractivity contribution is 6.32. The Bertz CT molecular complexity index is 576. The van der Waals surface area contributed by atoms with Crippen LogP contribution in [0.4, 0.5) is 0 Å². The van der Waals surface area contributed by atoms with E-state index in [2.05, 4.69) is 17.2 Å². The third kappa shape index (κ3) is 4.10. The Hall–Kier alpha value is -1.29. The number of benzene rings is 1. The summed E-state index contributed by atoms with van der Waals surface area (Å²) in [4.78, 5) is 4.00. The zero-order chi connectivity index (χ0) is 14.4. The lowest BCUT2D eigenvalue weighted by atomic mass is 10.2. The monoisotopic (exact) mass is 310 g/mol. The van der Waals surface area contributed by atoms with Crippen molar-refractivity contribution in [3.8, 4) is 11.5 Å². The molecule has 0 spiro atoms. The van der Waals surface area contributed by atoms with E-state index in [0.29, 0.717) is 28.1 Å². The number of hydrogen-bond acceptors (Lipinski definition) is 3. The van der Waals surface area contributed by atoms with Crippen molar-refractivity contribution in [2.45, 2.75) is 19.9 Å². The third-order valence-corrected chi connectivity index (χ3v) is 3.19. The SMILES string of the molecule is CCCNCc1cccc(Cl)c1Oc1cncc(Cl)c1. The first-order chi connectivity index (χ1) is 9.70. The van der Waals surface area contributed by atoms with Crippen molar-refractivity contribution in [3.05, 3.63) is 52.3 Å². The minimum Gasteiger partial charge on any atom is -0.454 e. The van der Waals surface area contributed by atoms with Gasteiger partial charge in [0.25, 0.3) is 0 Å². The fourth-order valence-corrected chi connectivity index (χ4v) is 2.17. The molecule has 0 saturated carbocycles. The predicted octanol–water partition coefficient (Wildman–Crippen LogP) is 4.68. The lowest BCUT2D eigenvalue weighted by Crippen LogP contribution is -2.14. The minimum atomic E-state index is 0.528. The van der Waals surface area contributed by atoms with Crippen LogP contribution in [0.3, 0.4) is 0 Å². The number of aromatic nitrogens is 1. The molecule has 3 nitrogen and oxygen atoms in total. The van der Waals surface area contributed by atoms with Crippen molar-refractivity contribution in [1.82, 2.24) is 10.3 Å². The third-order valence-electron chi connectivity index (χ3n) is 2.69. The van der Waals surface area contributed by atoms with Crippen LogP contribution in [0.2, 0.25) is 10.0 Å². The first-order valence-electron chi connectivity index (χ1n) is 6.47. The summed E-state index contributed by atoms with van der Waals surface area (Å²) >= 11 is 12.1. The Kier molecular flexibility index (Phi) is 5.65. The van der Waals surface area contributed by atoms with Gasteiger partial charge in [0.1, 0.15) is 5.75 Å². The van der Waals surface area contributed by atoms with Crippen LogP contribution >= 0.6 is 23.2 Å². The van der Waals surface area contributed by atoms with E-state index in [-0.39, 0.29) is 0 Å². The molecule has 0 fully saturated rings. The average Bonchev–Trinajstić information content (AvgIpc) is 2.43. The molecule has 1 aromatic carbocycles. The average molecular weight is 311 g/mol. The fraction of sp³-hybridized carbons (Fsp3) is 0.267. The zero-order valence-corrected chi connectivity index (χ0v) is 12.7. The molecular formula is C15H16Cl2N2O. The Morgan fingerprint density at radius 1 is 1.25 bits per heavy atom. The van der Waals surface area contributed by atoms with Crippen molar-refractivity contribution in [3.63, 3.8) is 0 Å². The molecule has 0 atom stereocenters. The van der Waals surface area contributed by atoms with E-state index in [4.69, 9.17) is 27.9 Å². The van der Waals surface area contributed by atoms with Crippen LogP contribution in [-0.4, -0.2) is 11.5 Å². The number of nitrogens with zero attached hydrogens (tertiary/aromatic N) is 1. The molecule has 2 rings (SSSR count). The minimum absolute atomic E-state index is 0.528. The maximum Gasteiger partial charge on any atom is 0.150 e. The van der Waals surface area contributed by atoms with Crippen molar-refractivity contribution in [2.24, 2.45) is 0 Å². The number of pyridine rings is 1. The van der Waals surface area contributed by atoms with Crippen LogP contribution in [0.25, 0.3) is 0 Å². The molecule has 1 heterocycles.